The minimum atomic E-state index is -0.477. The Morgan fingerprint density at radius 2 is 1.52 bits per heavy atom. The first kappa shape index (κ1) is 20.0. The van der Waals surface area contributed by atoms with E-state index < -0.39 is 5.91 Å². The number of rotatable bonds is 6. The molecule has 3 aromatic carbocycles. The van der Waals surface area contributed by atoms with Gasteiger partial charge in [0.15, 0.2) is 5.82 Å². The predicted molar refractivity (Wildman–Crippen MR) is 119 cm³/mol. The molecule has 7 nitrogen and oxygen atoms in total. The number of anilines is 2. The lowest BCUT2D eigenvalue weighted by Crippen LogP contribution is -2.10. The largest absolute Gasteiger partial charge is 0.462 e. The molecule has 0 aliphatic rings. The summed E-state index contributed by atoms with van der Waals surface area (Å²) in [5.41, 5.74) is 8.53. The zero-order valence-corrected chi connectivity index (χ0v) is 16.8. The van der Waals surface area contributed by atoms with E-state index in [1.165, 1.54) is 0 Å². The van der Waals surface area contributed by atoms with E-state index in [0.29, 0.717) is 29.2 Å². The third-order valence-electron chi connectivity index (χ3n) is 4.79. The minimum Gasteiger partial charge on any atom is -0.462 e. The molecule has 4 aromatic rings. The molecule has 4 rings (SSSR count). The van der Waals surface area contributed by atoms with Gasteiger partial charge in [-0.15, -0.1) is 10.2 Å². The summed E-state index contributed by atoms with van der Waals surface area (Å²) in [6.45, 7) is 2.10. The molecule has 0 radical (unpaired) electrons. The van der Waals surface area contributed by atoms with Crippen molar-refractivity contribution in [1.82, 2.24) is 10.2 Å². The van der Waals surface area contributed by atoms with Crippen molar-refractivity contribution in [3.05, 3.63) is 83.9 Å². The van der Waals surface area contributed by atoms with Crippen LogP contribution in [-0.4, -0.2) is 28.7 Å². The maximum Gasteiger partial charge on any atom is 0.338 e. The fourth-order valence-corrected chi connectivity index (χ4v) is 3.24. The highest BCUT2D eigenvalue weighted by molar-refractivity contribution is 6.01. The molecule has 31 heavy (non-hydrogen) atoms. The molecule has 0 unspecified atom stereocenters. The second-order valence-electron chi connectivity index (χ2n) is 6.81. The van der Waals surface area contributed by atoms with Crippen molar-refractivity contribution in [2.75, 3.05) is 11.9 Å². The summed E-state index contributed by atoms with van der Waals surface area (Å²) >= 11 is 0. The Morgan fingerprint density at radius 3 is 2.16 bits per heavy atom. The van der Waals surface area contributed by atoms with Crippen molar-refractivity contribution >= 4 is 34.2 Å². The normalized spacial score (nSPS) is 10.6. The van der Waals surface area contributed by atoms with Crippen LogP contribution in [-0.2, 0) is 4.74 Å². The molecule has 0 atom stereocenters. The first-order valence-corrected chi connectivity index (χ1v) is 9.76. The number of nitrogens with zero attached hydrogens (tertiary/aromatic N) is 2. The van der Waals surface area contributed by atoms with Crippen LogP contribution in [0.1, 0.15) is 27.6 Å². The van der Waals surface area contributed by atoms with Gasteiger partial charge in [0, 0.05) is 27.6 Å². The van der Waals surface area contributed by atoms with E-state index in [0.717, 1.165) is 22.0 Å². The van der Waals surface area contributed by atoms with E-state index in [1.807, 2.05) is 36.4 Å². The van der Waals surface area contributed by atoms with Crippen molar-refractivity contribution in [2.45, 2.75) is 6.92 Å². The molecule has 0 saturated carbocycles. The Kier molecular flexibility index (Phi) is 5.57. The molecule has 0 spiro atoms. The Hall–Kier alpha value is -4.26. The number of aromatic nitrogens is 2. The summed E-state index contributed by atoms with van der Waals surface area (Å²) in [6, 6.07) is 21.7. The number of fused-ring (bicyclic) bond motifs is 1. The third kappa shape index (κ3) is 4.20. The van der Waals surface area contributed by atoms with Crippen LogP contribution in [0.4, 0.5) is 11.5 Å². The maximum absolute atomic E-state index is 11.9. The van der Waals surface area contributed by atoms with Crippen LogP contribution < -0.4 is 11.1 Å². The molecule has 154 valence electrons. The summed E-state index contributed by atoms with van der Waals surface area (Å²) in [5, 5.41) is 13.9. The summed E-state index contributed by atoms with van der Waals surface area (Å²) < 4.78 is 5.04. The van der Waals surface area contributed by atoms with Crippen molar-refractivity contribution in [3.8, 4) is 11.3 Å². The quantitative estimate of drug-likeness (QED) is 0.457. The van der Waals surface area contributed by atoms with Crippen LogP contribution in [0, 0.1) is 0 Å². The number of hydrogen-bond donors (Lipinski definition) is 2. The SMILES string of the molecule is CCOC(=O)c1ccc(-c2nnc(Nc3ccc(C(N)=O)cc3)c3ccccc23)cc1. The smallest absolute Gasteiger partial charge is 0.338 e. The van der Waals surface area contributed by atoms with Crippen molar-refractivity contribution in [3.63, 3.8) is 0 Å². The van der Waals surface area contributed by atoms with E-state index in [9.17, 15) is 9.59 Å². The van der Waals surface area contributed by atoms with Crippen LogP contribution in [0.2, 0.25) is 0 Å². The molecule has 1 heterocycles. The average Bonchev–Trinajstić information content (AvgIpc) is 2.80. The summed E-state index contributed by atoms with van der Waals surface area (Å²) in [4.78, 5) is 23.2. The lowest BCUT2D eigenvalue weighted by atomic mass is 10.0. The van der Waals surface area contributed by atoms with Gasteiger partial charge in [-0.2, -0.15) is 0 Å². The maximum atomic E-state index is 11.9. The monoisotopic (exact) mass is 412 g/mol. The molecular weight excluding hydrogens is 392 g/mol. The Morgan fingerprint density at radius 1 is 0.871 bits per heavy atom. The van der Waals surface area contributed by atoms with Crippen LogP contribution in [0.3, 0.4) is 0 Å². The highest BCUT2D eigenvalue weighted by Crippen LogP contribution is 2.31. The lowest BCUT2D eigenvalue weighted by Gasteiger charge is -2.12. The number of nitrogens with one attached hydrogen (secondary N) is 1. The Labute approximate surface area is 178 Å². The van der Waals surface area contributed by atoms with Gasteiger partial charge in [-0.1, -0.05) is 36.4 Å². The summed E-state index contributed by atoms with van der Waals surface area (Å²) in [6.07, 6.45) is 0. The number of ether oxygens (including phenoxy) is 1. The van der Waals surface area contributed by atoms with E-state index in [4.69, 9.17) is 10.5 Å². The first-order chi connectivity index (χ1) is 15.1. The van der Waals surface area contributed by atoms with Gasteiger partial charge in [0.2, 0.25) is 5.91 Å². The van der Waals surface area contributed by atoms with Crippen molar-refractivity contribution in [1.29, 1.82) is 0 Å². The number of benzene rings is 3. The van der Waals surface area contributed by atoms with E-state index in [-0.39, 0.29) is 5.97 Å². The topological polar surface area (TPSA) is 107 Å². The highest BCUT2D eigenvalue weighted by Gasteiger charge is 2.13. The van der Waals surface area contributed by atoms with Gasteiger partial charge in [-0.05, 0) is 43.3 Å². The van der Waals surface area contributed by atoms with Crippen molar-refractivity contribution < 1.29 is 14.3 Å². The van der Waals surface area contributed by atoms with Crippen LogP contribution in [0.5, 0.6) is 0 Å². The van der Waals surface area contributed by atoms with E-state index in [1.54, 1.807) is 43.3 Å². The molecule has 0 saturated heterocycles. The summed E-state index contributed by atoms with van der Waals surface area (Å²) in [7, 11) is 0. The Bertz CT molecular complexity index is 1250. The third-order valence-corrected chi connectivity index (χ3v) is 4.79. The molecule has 7 heteroatoms. The average molecular weight is 412 g/mol. The second-order valence-corrected chi connectivity index (χ2v) is 6.81. The molecule has 0 aliphatic carbocycles. The second kappa shape index (κ2) is 8.62. The number of carbonyl (C=O) groups excluding carboxylic acids is 2. The van der Waals surface area contributed by atoms with Gasteiger partial charge in [0.1, 0.15) is 5.69 Å². The van der Waals surface area contributed by atoms with E-state index >= 15 is 0 Å². The number of esters is 1. The van der Waals surface area contributed by atoms with Crippen LogP contribution >= 0.6 is 0 Å². The zero-order chi connectivity index (χ0) is 21.8. The number of primary amides is 1. The number of carbonyl (C=O) groups is 2. The minimum absolute atomic E-state index is 0.330. The van der Waals surface area contributed by atoms with Gasteiger partial charge in [0.25, 0.3) is 0 Å². The zero-order valence-electron chi connectivity index (χ0n) is 16.8. The number of nitrogens with two attached hydrogens (primary N) is 1. The van der Waals surface area contributed by atoms with Gasteiger partial charge < -0.3 is 15.8 Å². The fourth-order valence-electron chi connectivity index (χ4n) is 3.24. The number of hydrogen-bond acceptors (Lipinski definition) is 6. The van der Waals surface area contributed by atoms with Gasteiger partial charge in [-0.25, -0.2) is 4.79 Å². The van der Waals surface area contributed by atoms with Crippen LogP contribution in [0.15, 0.2) is 72.8 Å². The molecule has 0 aliphatic heterocycles. The van der Waals surface area contributed by atoms with Gasteiger partial charge in [0.05, 0.1) is 12.2 Å². The van der Waals surface area contributed by atoms with E-state index in [2.05, 4.69) is 15.5 Å². The molecule has 0 fully saturated rings. The van der Waals surface area contributed by atoms with Gasteiger partial charge >= 0.3 is 5.97 Å². The molecule has 1 aromatic heterocycles. The fraction of sp³-hybridized carbons (Fsp3) is 0.0833. The first-order valence-electron chi connectivity index (χ1n) is 9.76. The Balaban J connectivity index is 1.68. The predicted octanol–water partition coefficient (Wildman–Crippen LogP) is 4.32. The molecule has 1 amide bonds. The molecular formula is C24H20N4O3. The highest BCUT2D eigenvalue weighted by atomic mass is 16.5. The molecule has 3 N–H and O–H groups in total. The van der Waals surface area contributed by atoms with Crippen molar-refractivity contribution in [2.24, 2.45) is 5.73 Å². The van der Waals surface area contributed by atoms with Gasteiger partial charge in [-0.3, -0.25) is 4.79 Å². The molecule has 0 bridgehead atoms. The van der Waals surface area contributed by atoms with Crippen LogP contribution in [0.25, 0.3) is 22.0 Å². The summed E-state index contributed by atoms with van der Waals surface area (Å²) in [5.74, 6) is -0.240. The number of amides is 1. The standard InChI is InChI=1S/C24H20N4O3/c1-2-31-24(30)17-9-7-15(8-10-17)21-19-5-3-4-6-20(19)23(28-27-21)26-18-13-11-16(12-14-18)22(25)29/h3-14H,2H2,1H3,(H2,25,29)(H,26,28). The lowest BCUT2D eigenvalue weighted by molar-refractivity contribution is 0.0526.